The van der Waals surface area contributed by atoms with Crippen LogP contribution in [0.5, 0.6) is 0 Å². The van der Waals surface area contributed by atoms with Crippen LogP contribution in [-0.4, -0.2) is 16.1 Å². The second-order valence-corrected chi connectivity index (χ2v) is 8.02. The highest BCUT2D eigenvalue weighted by Gasteiger charge is 2.09. The van der Waals surface area contributed by atoms with Crippen LogP contribution in [0.4, 0.5) is 9.52 Å². The van der Waals surface area contributed by atoms with Gasteiger partial charge in [-0.05, 0) is 36.6 Å². The van der Waals surface area contributed by atoms with Crippen LogP contribution in [0, 0.1) is 12.7 Å². The SMILES string of the molecule is Cc1ccc(CCC(=O)Nc2nnc(SCc3ccc(F)cc3)s2)cc1. The third kappa shape index (κ3) is 5.64. The van der Waals surface area contributed by atoms with E-state index < -0.39 is 0 Å². The molecule has 0 radical (unpaired) electrons. The van der Waals surface area contributed by atoms with E-state index in [-0.39, 0.29) is 11.7 Å². The van der Waals surface area contributed by atoms with Gasteiger partial charge in [-0.3, -0.25) is 4.79 Å². The van der Waals surface area contributed by atoms with E-state index in [1.54, 1.807) is 12.1 Å². The number of carbonyl (C=O) groups excluding carboxylic acids is 1. The first kappa shape index (κ1) is 18.5. The topological polar surface area (TPSA) is 54.9 Å². The number of rotatable bonds is 7. The van der Waals surface area contributed by atoms with Crippen LogP contribution >= 0.6 is 23.1 Å². The van der Waals surface area contributed by atoms with Crippen LogP contribution in [0.15, 0.2) is 52.9 Å². The molecule has 7 heteroatoms. The molecule has 3 aromatic rings. The number of amides is 1. The molecular weight excluding hydrogens is 369 g/mol. The van der Waals surface area contributed by atoms with Gasteiger partial charge in [0.2, 0.25) is 11.0 Å². The Kier molecular flexibility index (Phi) is 6.35. The zero-order valence-corrected chi connectivity index (χ0v) is 15.9. The van der Waals surface area contributed by atoms with Crippen LogP contribution in [-0.2, 0) is 17.0 Å². The highest BCUT2D eigenvalue weighted by atomic mass is 32.2. The first-order chi connectivity index (χ1) is 12.6. The summed E-state index contributed by atoms with van der Waals surface area (Å²) in [6.45, 7) is 2.04. The van der Waals surface area contributed by atoms with Crippen molar-refractivity contribution in [1.29, 1.82) is 0 Å². The molecule has 0 aliphatic heterocycles. The molecule has 0 atom stereocenters. The molecule has 26 heavy (non-hydrogen) atoms. The average molecular weight is 388 g/mol. The number of nitrogens with zero attached hydrogens (tertiary/aromatic N) is 2. The molecular formula is C19H18FN3OS2. The van der Waals surface area contributed by atoms with Gasteiger partial charge in [0.05, 0.1) is 0 Å². The lowest BCUT2D eigenvalue weighted by Crippen LogP contribution is -2.12. The highest BCUT2D eigenvalue weighted by molar-refractivity contribution is 8.00. The maximum atomic E-state index is 12.9. The van der Waals surface area contributed by atoms with Crippen LogP contribution in [0.1, 0.15) is 23.1 Å². The molecule has 0 spiro atoms. The van der Waals surface area contributed by atoms with Crippen molar-refractivity contribution in [3.05, 3.63) is 71.0 Å². The summed E-state index contributed by atoms with van der Waals surface area (Å²) in [5.74, 6) is 0.359. The zero-order chi connectivity index (χ0) is 18.4. The van der Waals surface area contributed by atoms with E-state index in [1.165, 1.54) is 40.8 Å². The van der Waals surface area contributed by atoms with Crippen molar-refractivity contribution < 1.29 is 9.18 Å². The van der Waals surface area contributed by atoms with Gasteiger partial charge in [-0.2, -0.15) is 0 Å². The number of nitrogens with one attached hydrogen (secondary N) is 1. The Morgan fingerprint density at radius 3 is 2.50 bits per heavy atom. The molecule has 1 N–H and O–H groups in total. The van der Waals surface area contributed by atoms with Crippen molar-refractivity contribution in [2.24, 2.45) is 0 Å². The Hall–Kier alpha value is -2.25. The Bertz CT molecular complexity index is 863. The van der Waals surface area contributed by atoms with Gasteiger partial charge in [0.1, 0.15) is 5.82 Å². The molecule has 1 amide bonds. The third-order valence-electron chi connectivity index (χ3n) is 3.69. The van der Waals surface area contributed by atoms with Gasteiger partial charge in [0.25, 0.3) is 0 Å². The zero-order valence-electron chi connectivity index (χ0n) is 14.2. The van der Waals surface area contributed by atoms with Gasteiger partial charge in [0, 0.05) is 12.2 Å². The van der Waals surface area contributed by atoms with E-state index in [4.69, 9.17) is 0 Å². The smallest absolute Gasteiger partial charge is 0.226 e. The minimum atomic E-state index is -0.245. The molecule has 0 saturated heterocycles. The number of hydrogen-bond acceptors (Lipinski definition) is 5. The van der Waals surface area contributed by atoms with E-state index in [1.807, 2.05) is 31.2 Å². The number of aryl methyl sites for hydroxylation is 2. The lowest BCUT2D eigenvalue weighted by atomic mass is 10.1. The Morgan fingerprint density at radius 1 is 1.08 bits per heavy atom. The van der Waals surface area contributed by atoms with Gasteiger partial charge in [-0.1, -0.05) is 65.1 Å². The molecule has 0 aliphatic rings. The number of aromatic nitrogens is 2. The van der Waals surface area contributed by atoms with E-state index in [0.29, 0.717) is 23.7 Å². The monoisotopic (exact) mass is 387 g/mol. The largest absolute Gasteiger partial charge is 0.300 e. The van der Waals surface area contributed by atoms with E-state index in [9.17, 15) is 9.18 Å². The van der Waals surface area contributed by atoms with Gasteiger partial charge >= 0.3 is 0 Å². The van der Waals surface area contributed by atoms with E-state index in [0.717, 1.165) is 15.5 Å². The number of thioether (sulfide) groups is 1. The average Bonchev–Trinajstić information content (AvgIpc) is 3.08. The summed E-state index contributed by atoms with van der Waals surface area (Å²) in [6, 6.07) is 14.5. The lowest BCUT2D eigenvalue weighted by molar-refractivity contribution is -0.116. The Labute approximate surface area is 159 Å². The summed E-state index contributed by atoms with van der Waals surface area (Å²) < 4.78 is 13.7. The summed E-state index contributed by atoms with van der Waals surface area (Å²) in [4.78, 5) is 12.1. The quantitative estimate of drug-likeness (QED) is 0.465. The summed E-state index contributed by atoms with van der Waals surface area (Å²) in [5.41, 5.74) is 3.35. The summed E-state index contributed by atoms with van der Waals surface area (Å²) in [5, 5.41) is 11.4. The van der Waals surface area contributed by atoms with E-state index >= 15 is 0 Å². The number of benzene rings is 2. The Balaban J connectivity index is 1.45. The number of hydrogen-bond donors (Lipinski definition) is 1. The molecule has 1 aromatic heterocycles. The lowest BCUT2D eigenvalue weighted by Gasteiger charge is -2.02. The third-order valence-corrected chi connectivity index (χ3v) is 5.73. The molecule has 1 heterocycles. The summed E-state index contributed by atoms with van der Waals surface area (Å²) >= 11 is 2.85. The summed E-state index contributed by atoms with van der Waals surface area (Å²) in [7, 11) is 0. The molecule has 0 saturated carbocycles. The second kappa shape index (κ2) is 8.91. The van der Waals surface area contributed by atoms with Crippen LogP contribution in [0.3, 0.4) is 0 Å². The van der Waals surface area contributed by atoms with Crippen molar-refractivity contribution in [3.63, 3.8) is 0 Å². The molecule has 0 fully saturated rings. The van der Waals surface area contributed by atoms with Crippen LogP contribution < -0.4 is 5.32 Å². The fraction of sp³-hybridized carbons (Fsp3) is 0.211. The molecule has 3 rings (SSSR count). The predicted octanol–water partition coefficient (Wildman–Crippen LogP) is 4.85. The molecule has 4 nitrogen and oxygen atoms in total. The van der Waals surface area contributed by atoms with Crippen molar-refractivity contribution in [2.45, 2.75) is 29.9 Å². The Morgan fingerprint density at radius 2 is 1.77 bits per heavy atom. The molecule has 0 aliphatic carbocycles. The van der Waals surface area contributed by atoms with Crippen LogP contribution in [0.25, 0.3) is 0 Å². The van der Waals surface area contributed by atoms with Gasteiger partial charge in [0.15, 0.2) is 4.34 Å². The fourth-order valence-corrected chi connectivity index (χ4v) is 3.96. The molecule has 2 aromatic carbocycles. The van der Waals surface area contributed by atoms with Crippen molar-refractivity contribution in [3.8, 4) is 0 Å². The fourth-order valence-electron chi connectivity index (χ4n) is 2.24. The van der Waals surface area contributed by atoms with Crippen LogP contribution in [0.2, 0.25) is 0 Å². The maximum Gasteiger partial charge on any atom is 0.226 e. The van der Waals surface area contributed by atoms with E-state index in [2.05, 4.69) is 15.5 Å². The summed E-state index contributed by atoms with van der Waals surface area (Å²) in [6.07, 6.45) is 1.10. The van der Waals surface area contributed by atoms with Gasteiger partial charge in [-0.15, -0.1) is 10.2 Å². The van der Waals surface area contributed by atoms with Crippen molar-refractivity contribution >= 4 is 34.1 Å². The number of anilines is 1. The maximum absolute atomic E-state index is 12.9. The predicted molar refractivity (Wildman–Crippen MR) is 104 cm³/mol. The van der Waals surface area contributed by atoms with Crippen molar-refractivity contribution in [2.75, 3.05) is 5.32 Å². The molecule has 0 bridgehead atoms. The minimum absolute atomic E-state index is 0.0724. The molecule has 134 valence electrons. The van der Waals surface area contributed by atoms with Crippen molar-refractivity contribution in [1.82, 2.24) is 10.2 Å². The first-order valence-electron chi connectivity index (χ1n) is 8.14. The number of halogens is 1. The normalized spacial score (nSPS) is 10.7. The standard InChI is InChI=1S/C19H18FN3OS2/c1-13-2-4-14(5-3-13)8-11-17(24)21-18-22-23-19(26-18)25-12-15-6-9-16(20)10-7-15/h2-7,9-10H,8,11-12H2,1H3,(H,21,22,24). The van der Waals surface area contributed by atoms with Gasteiger partial charge in [-0.25, -0.2) is 4.39 Å². The minimum Gasteiger partial charge on any atom is -0.300 e. The number of carbonyl (C=O) groups is 1. The highest BCUT2D eigenvalue weighted by Crippen LogP contribution is 2.28. The van der Waals surface area contributed by atoms with Gasteiger partial charge < -0.3 is 5.32 Å². The second-order valence-electron chi connectivity index (χ2n) is 5.82. The molecule has 0 unspecified atom stereocenters. The first-order valence-corrected chi connectivity index (χ1v) is 9.95.